The first-order chi connectivity index (χ1) is 11.4. The van der Waals surface area contributed by atoms with Crippen molar-refractivity contribution >= 4 is 37.7 Å². The molecule has 1 atom stereocenters. The molecule has 1 aliphatic rings. The highest BCUT2D eigenvalue weighted by Gasteiger charge is 2.39. The Morgan fingerprint density at radius 2 is 2.08 bits per heavy atom. The number of hydrogen-bond acceptors (Lipinski definition) is 5. The van der Waals surface area contributed by atoms with Crippen LogP contribution < -0.4 is 5.32 Å². The lowest BCUT2D eigenvalue weighted by molar-refractivity contribution is -0.119. The largest absolute Gasteiger partial charge is 0.360 e. The molecule has 0 saturated carbocycles. The topological polar surface area (TPSA) is 92.5 Å². The highest BCUT2D eigenvalue weighted by atomic mass is 79.9. The van der Waals surface area contributed by atoms with Gasteiger partial charge in [0.25, 0.3) is 0 Å². The molecule has 1 amide bonds. The molecule has 9 heteroatoms. The van der Waals surface area contributed by atoms with Crippen molar-refractivity contribution in [3.05, 3.63) is 40.6 Å². The second-order valence-electron chi connectivity index (χ2n) is 5.54. The molecule has 24 heavy (non-hydrogen) atoms. The Morgan fingerprint density at radius 3 is 2.71 bits per heavy atom. The number of carbonyl (C=O) groups is 1. The Morgan fingerprint density at radius 1 is 1.38 bits per heavy atom. The normalized spacial score (nSPS) is 18.7. The molecule has 2 heterocycles. The van der Waals surface area contributed by atoms with Crippen LogP contribution in [-0.4, -0.2) is 36.4 Å². The monoisotopic (exact) mass is 413 g/mol. The number of hydrogen-bond donors (Lipinski definition) is 1. The Hall–Kier alpha value is -1.71. The number of sulfonamides is 1. The van der Waals surface area contributed by atoms with Gasteiger partial charge in [0.05, 0.1) is 4.90 Å². The lowest BCUT2D eigenvalue weighted by atomic mass is 10.2. The van der Waals surface area contributed by atoms with Gasteiger partial charge < -0.3 is 9.84 Å². The fourth-order valence-corrected chi connectivity index (χ4v) is 4.59. The van der Waals surface area contributed by atoms with Crippen molar-refractivity contribution in [2.45, 2.75) is 30.7 Å². The van der Waals surface area contributed by atoms with Crippen molar-refractivity contribution in [3.63, 3.8) is 0 Å². The van der Waals surface area contributed by atoms with Gasteiger partial charge in [-0.25, -0.2) is 8.42 Å². The van der Waals surface area contributed by atoms with E-state index in [1.807, 2.05) is 0 Å². The van der Waals surface area contributed by atoms with Crippen LogP contribution in [0.3, 0.4) is 0 Å². The number of nitrogens with one attached hydrogen (secondary N) is 1. The number of amides is 1. The molecular formula is C15H16BrN3O4S. The molecule has 7 nitrogen and oxygen atoms in total. The van der Waals surface area contributed by atoms with E-state index < -0.39 is 22.0 Å². The second-order valence-corrected chi connectivity index (χ2v) is 8.35. The fraction of sp³-hybridized carbons (Fsp3) is 0.333. The van der Waals surface area contributed by atoms with Crippen LogP contribution >= 0.6 is 15.9 Å². The van der Waals surface area contributed by atoms with E-state index in [-0.39, 0.29) is 10.7 Å². The second kappa shape index (κ2) is 6.66. The lowest BCUT2D eigenvalue weighted by Gasteiger charge is -2.23. The van der Waals surface area contributed by atoms with E-state index in [4.69, 9.17) is 4.52 Å². The minimum absolute atomic E-state index is 0.169. The fourth-order valence-electron chi connectivity index (χ4n) is 2.67. The van der Waals surface area contributed by atoms with E-state index in [0.29, 0.717) is 25.1 Å². The molecule has 0 bridgehead atoms. The number of carbonyl (C=O) groups excluding carboxylic acids is 1. The van der Waals surface area contributed by atoms with Crippen molar-refractivity contribution in [2.75, 3.05) is 11.9 Å². The maximum absolute atomic E-state index is 12.8. The third-order valence-electron chi connectivity index (χ3n) is 3.81. The van der Waals surface area contributed by atoms with Crippen LogP contribution in [0.4, 0.5) is 5.82 Å². The predicted molar refractivity (Wildman–Crippen MR) is 90.9 cm³/mol. The minimum Gasteiger partial charge on any atom is -0.360 e. The first-order valence-corrected chi connectivity index (χ1v) is 9.63. The number of anilines is 1. The van der Waals surface area contributed by atoms with Crippen LogP contribution in [0.5, 0.6) is 0 Å². The summed E-state index contributed by atoms with van der Waals surface area (Å²) in [5.41, 5.74) is 0. The zero-order chi connectivity index (χ0) is 17.3. The van der Waals surface area contributed by atoms with Gasteiger partial charge in [-0.1, -0.05) is 21.1 Å². The summed E-state index contributed by atoms with van der Waals surface area (Å²) in [6.07, 6.45) is 1.10. The summed E-state index contributed by atoms with van der Waals surface area (Å²) >= 11 is 3.28. The Bertz CT molecular complexity index is 848. The van der Waals surface area contributed by atoms with Crippen LogP contribution in [0.1, 0.15) is 18.6 Å². The molecule has 1 aliphatic heterocycles. The van der Waals surface area contributed by atoms with E-state index in [2.05, 4.69) is 26.4 Å². The zero-order valence-electron chi connectivity index (χ0n) is 12.9. The Labute approximate surface area is 148 Å². The van der Waals surface area contributed by atoms with Gasteiger partial charge in [0.15, 0.2) is 5.82 Å². The highest BCUT2D eigenvalue weighted by Crippen LogP contribution is 2.27. The quantitative estimate of drug-likeness (QED) is 0.830. The molecular weight excluding hydrogens is 398 g/mol. The smallest absolute Gasteiger partial charge is 0.244 e. The van der Waals surface area contributed by atoms with E-state index in [1.165, 1.54) is 16.4 Å². The first kappa shape index (κ1) is 17.1. The average molecular weight is 414 g/mol. The van der Waals surface area contributed by atoms with Gasteiger partial charge >= 0.3 is 0 Å². The van der Waals surface area contributed by atoms with Crippen molar-refractivity contribution in [1.29, 1.82) is 0 Å². The van der Waals surface area contributed by atoms with Gasteiger partial charge in [0.2, 0.25) is 15.9 Å². The maximum atomic E-state index is 12.8. The van der Waals surface area contributed by atoms with Gasteiger partial charge in [-0.2, -0.15) is 4.31 Å². The highest BCUT2D eigenvalue weighted by molar-refractivity contribution is 9.10. The van der Waals surface area contributed by atoms with Crippen molar-refractivity contribution in [2.24, 2.45) is 0 Å². The minimum atomic E-state index is -3.73. The molecule has 3 rings (SSSR count). The van der Waals surface area contributed by atoms with E-state index in [9.17, 15) is 13.2 Å². The number of halogens is 1. The number of rotatable bonds is 4. The third-order valence-corrected chi connectivity index (χ3v) is 6.26. The Kier molecular flexibility index (Phi) is 4.75. The average Bonchev–Trinajstić information content (AvgIpc) is 3.17. The van der Waals surface area contributed by atoms with Gasteiger partial charge in [-0.15, -0.1) is 0 Å². The van der Waals surface area contributed by atoms with Crippen LogP contribution in [0.15, 0.2) is 44.2 Å². The molecule has 1 saturated heterocycles. The number of benzene rings is 1. The lowest BCUT2D eigenvalue weighted by Crippen LogP contribution is -2.43. The van der Waals surface area contributed by atoms with Crippen molar-refractivity contribution < 1.29 is 17.7 Å². The molecule has 0 spiro atoms. The summed E-state index contributed by atoms with van der Waals surface area (Å²) in [4.78, 5) is 12.6. The number of aromatic nitrogens is 1. The zero-order valence-corrected chi connectivity index (χ0v) is 15.3. The molecule has 1 aromatic carbocycles. The number of aryl methyl sites for hydroxylation is 1. The molecule has 0 aliphatic carbocycles. The standard InChI is InChI=1S/C15H16BrN3O4S/c1-10-9-14(18-23-10)17-15(20)13-3-2-8-19(13)24(21,22)12-6-4-11(16)5-7-12/h4-7,9,13H,2-3,8H2,1H3,(H,17,18,20). The summed E-state index contributed by atoms with van der Waals surface area (Å²) in [6.45, 7) is 2.02. The Balaban J connectivity index is 1.81. The van der Waals surface area contributed by atoms with Crippen molar-refractivity contribution in [1.82, 2.24) is 9.46 Å². The van der Waals surface area contributed by atoms with Crippen molar-refractivity contribution in [3.8, 4) is 0 Å². The predicted octanol–water partition coefficient (Wildman–Crippen LogP) is 2.54. The summed E-state index contributed by atoms with van der Waals surface area (Å²) in [7, 11) is -3.73. The van der Waals surface area contributed by atoms with Gasteiger partial charge in [-0.3, -0.25) is 4.79 Å². The van der Waals surface area contributed by atoms with E-state index in [1.54, 1.807) is 25.1 Å². The molecule has 1 unspecified atom stereocenters. The van der Waals surface area contributed by atoms with Gasteiger partial charge in [0.1, 0.15) is 11.8 Å². The van der Waals surface area contributed by atoms with Crippen LogP contribution in [0.25, 0.3) is 0 Å². The van der Waals surface area contributed by atoms with Crippen LogP contribution in [0, 0.1) is 6.92 Å². The summed E-state index contributed by atoms with van der Waals surface area (Å²) < 4.78 is 32.6. The van der Waals surface area contributed by atoms with Crippen LogP contribution in [0.2, 0.25) is 0 Å². The molecule has 1 N–H and O–H groups in total. The molecule has 128 valence electrons. The molecule has 1 aromatic heterocycles. The number of nitrogens with zero attached hydrogens (tertiary/aromatic N) is 2. The summed E-state index contributed by atoms with van der Waals surface area (Å²) in [5.74, 6) is 0.447. The van der Waals surface area contributed by atoms with Gasteiger partial charge in [-0.05, 0) is 44.0 Å². The third kappa shape index (κ3) is 3.38. The molecule has 0 radical (unpaired) electrons. The maximum Gasteiger partial charge on any atom is 0.244 e. The summed E-state index contributed by atoms with van der Waals surface area (Å²) in [5, 5.41) is 6.31. The molecule has 1 fully saturated rings. The molecule has 2 aromatic rings. The van der Waals surface area contributed by atoms with E-state index >= 15 is 0 Å². The first-order valence-electron chi connectivity index (χ1n) is 7.39. The summed E-state index contributed by atoms with van der Waals surface area (Å²) in [6, 6.07) is 7.20. The van der Waals surface area contributed by atoms with Gasteiger partial charge in [0, 0.05) is 17.1 Å². The van der Waals surface area contributed by atoms with E-state index in [0.717, 1.165) is 4.47 Å². The SMILES string of the molecule is Cc1cc(NC(=O)C2CCCN2S(=O)(=O)c2ccc(Br)cc2)no1. The van der Waals surface area contributed by atoms with Crippen LogP contribution in [-0.2, 0) is 14.8 Å².